The summed E-state index contributed by atoms with van der Waals surface area (Å²) in [7, 11) is 0. The second-order valence-electron chi connectivity index (χ2n) is 4.44. The average molecular weight is 251 g/mol. The molecule has 1 saturated heterocycles. The molecule has 1 amide bonds. The SMILES string of the molecule is CC1CN(C(=O)c2cc(N)ccn2)CC(CO)O1. The Morgan fingerprint density at radius 3 is 3.11 bits per heavy atom. The second kappa shape index (κ2) is 5.32. The Morgan fingerprint density at radius 2 is 2.44 bits per heavy atom. The molecule has 1 aromatic heterocycles. The minimum absolute atomic E-state index is 0.0964. The number of aromatic nitrogens is 1. The molecule has 0 radical (unpaired) electrons. The third kappa shape index (κ3) is 2.77. The van der Waals surface area contributed by atoms with Crippen molar-refractivity contribution in [3.63, 3.8) is 0 Å². The zero-order valence-electron chi connectivity index (χ0n) is 10.2. The number of nitrogens with zero attached hydrogens (tertiary/aromatic N) is 2. The van der Waals surface area contributed by atoms with Crippen LogP contribution in [0.15, 0.2) is 18.3 Å². The van der Waals surface area contributed by atoms with Gasteiger partial charge in [0.2, 0.25) is 0 Å². The van der Waals surface area contributed by atoms with E-state index in [-0.39, 0.29) is 24.7 Å². The molecule has 6 nitrogen and oxygen atoms in total. The first-order valence-electron chi connectivity index (χ1n) is 5.87. The number of nitrogen functional groups attached to an aromatic ring is 1. The fourth-order valence-corrected chi connectivity index (χ4v) is 2.04. The molecule has 2 unspecified atom stereocenters. The molecular weight excluding hydrogens is 234 g/mol. The van der Waals surface area contributed by atoms with Gasteiger partial charge in [-0.15, -0.1) is 0 Å². The van der Waals surface area contributed by atoms with Gasteiger partial charge in [0.15, 0.2) is 0 Å². The predicted molar refractivity (Wildman–Crippen MR) is 66.0 cm³/mol. The fraction of sp³-hybridized carbons (Fsp3) is 0.500. The van der Waals surface area contributed by atoms with Crippen molar-refractivity contribution in [2.75, 3.05) is 25.4 Å². The van der Waals surface area contributed by atoms with Crippen LogP contribution in [-0.4, -0.2) is 52.8 Å². The Morgan fingerprint density at radius 1 is 1.67 bits per heavy atom. The molecule has 2 rings (SSSR count). The Kier molecular flexibility index (Phi) is 3.78. The van der Waals surface area contributed by atoms with Crippen molar-refractivity contribution in [3.05, 3.63) is 24.0 Å². The number of rotatable bonds is 2. The van der Waals surface area contributed by atoms with E-state index in [0.29, 0.717) is 24.5 Å². The normalized spacial score (nSPS) is 24.0. The maximum absolute atomic E-state index is 12.2. The van der Waals surface area contributed by atoms with Gasteiger partial charge < -0.3 is 20.5 Å². The summed E-state index contributed by atoms with van der Waals surface area (Å²) in [6, 6.07) is 3.19. The Hall–Kier alpha value is -1.66. The molecule has 0 saturated carbocycles. The van der Waals surface area contributed by atoms with Crippen molar-refractivity contribution < 1.29 is 14.6 Å². The lowest BCUT2D eigenvalue weighted by atomic mass is 10.2. The van der Waals surface area contributed by atoms with E-state index < -0.39 is 0 Å². The number of carbonyl (C=O) groups excluding carboxylic acids is 1. The zero-order valence-corrected chi connectivity index (χ0v) is 10.2. The largest absolute Gasteiger partial charge is 0.399 e. The number of nitrogens with two attached hydrogens (primary N) is 1. The summed E-state index contributed by atoms with van der Waals surface area (Å²) in [5.74, 6) is -0.184. The van der Waals surface area contributed by atoms with Gasteiger partial charge in [0.25, 0.3) is 5.91 Å². The number of aliphatic hydroxyl groups is 1. The molecule has 1 aliphatic rings. The van der Waals surface area contributed by atoms with E-state index in [1.807, 2.05) is 6.92 Å². The molecule has 1 fully saturated rings. The molecule has 18 heavy (non-hydrogen) atoms. The van der Waals surface area contributed by atoms with Crippen molar-refractivity contribution >= 4 is 11.6 Å². The number of aliphatic hydroxyl groups excluding tert-OH is 1. The van der Waals surface area contributed by atoms with Crippen molar-refractivity contribution in [1.29, 1.82) is 0 Å². The number of anilines is 1. The maximum atomic E-state index is 12.2. The lowest BCUT2D eigenvalue weighted by Crippen LogP contribution is -2.50. The monoisotopic (exact) mass is 251 g/mol. The molecule has 6 heteroatoms. The molecule has 0 bridgehead atoms. The number of carbonyl (C=O) groups is 1. The zero-order chi connectivity index (χ0) is 13.1. The van der Waals surface area contributed by atoms with E-state index in [4.69, 9.17) is 15.6 Å². The Bertz CT molecular complexity index is 438. The number of amides is 1. The summed E-state index contributed by atoms with van der Waals surface area (Å²) in [4.78, 5) is 17.9. The van der Waals surface area contributed by atoms with Crippen LogP contribution in [0.5, 0.6) is 0 Å². The van der Waals surface area contributed by atoms with Crippen LogP contribution in [0.2, 0.25) is 0 Å². The topological polar surface area (TPSA) is 88.7 Å². The lowest BCUT2D eigenvalue weighted by Gasteiger charge is -2.35. The van der Waals surface area contributed by atoms with E-state index in [0.717, 1.165) is 0 Å². The molecule has 0 aliphatic carbocycles. The first-order valence-corrected chi connectivity index (χ1v) is 5.87. The lowest BCUT2D eigenvalue weighted by molar-refractivity contribution is -0.0859. The van der Waals surface area contributed by atoms with Gasteiger partial charge in [-0.25, -0.2) is 0 Å². The van der Waals surface area contributed by atoms with Crippen molar-refractivity contribution in [2.24, 2.45) is 0 Å². The van der Waals surface area contributed by atoms with E-state index in [1.165, 1.54) is 6.20 Å². The highest BCUT2D eigenvalue weighted by atomic mass is 16.5. The molecular formula is C12H17N3O3. The smallest absolute Gasteiger partial charge is 0.272 e. The average Bonchev–Trinajstić information content (AvgIpc) is 2.37. The quantitative estimate of drug-likeness (QED) is 0.765. The van der Waals surface area contributed by atoms with Crippen LogP contribution in [0.3, 0.4) is 0 Å². The predicted octanol–water partition coefficient (Wildman–Crippen LogP) is -0.114. The van der Waals surface area contributed by atoms with Gasteiger partial charge in [-0.2, -0.15) is 0 Å². The van der Waals surface area contributed by atoms with Gasteiger partial charge in [0.1, 0.15) is 5.69 Å². The number of morpholine rings is 1. The van der Waals surface area contributed by atoms with Gasteiger partial charge in [0, 0.05) is 25.0 Å². The third-order valence-electron chi connectivity index (χ3n) is 2.82. The maximum Gasteiger partial charge on any atom is 0.272 e. The van der Waals surface area contributed by atoms with E-state index >= 15 is 0 Å². The van der Waals surface area contributed by atoms with Crippen molar-refractivity contribution in [1.82, 2.24) is 9.88 Å². The number of hydrogen-bond donors (Lipinski definition) is 2. The van der Waals surface area contributed by atoms with Gasteiger partial charge in [-0.1, -0.05) is 0 Å². The van der Waals surface area contributed by atoms with Crippen molar-refractivity contribution in [3.8, 4) is 0 Å². The van der Waals surface area contributed by atoms with Crippen LogP contribution < -0.4 is 5.73 Å². The molecule has 0 aromatic carbocycles. The Balaban J connectivity index is 2.13. The first-order chi connectivity index (χ1) is 8.60. The molecule has 3 N–H and O–H groups in total. The number of ether oxygens (including phenoxy) is 1. The Labute approximate surface area is 105 Å². The second-order valence-corrected chi connectivity index (χ2v) is 4.44. The number of pyridine rings is 1. The van der Waals surface area contributed by atoms with E-state index in [1.54, 1.807) is 17.0 Å². The van der Waals surface area contributed by atoms with E-state index in [2.05, 4.69) is 4.98 Å². The minimum Gasteiger partial charge on any atom is -0.399 e. The van der Waals surface area contributed by atoms with Crippen LogP contribution >= 0.6 is 0 Å². The summed E-state index contributed by atoms with van der Waals surface area (Å²) in [6.07, 6.45) is 1.08. The van der Waals surface area contributed by atoms with Crippen LogP contribution in [0, 0.1) is 0 Å². The highest BCUT2D eigenvalue weighted by Crippen LogP contribution is 2.14. The number of hydrogen-bond acceptors (Lipinski definition) is 5. The van der Waals surface area contributed by atoms with Crippen LogP contribution in [0.4, 0.5) is 5.69 Å². The molecule has 0 spiro atoms. The first kappa shape index (κ1) is 12.8. The third-order valence-corrected chi connectivity index (χ3v) is 2.82. The molecule has 1 aromatic rings. The highest BCUT2D eigenvalue weighted by Gasteiger charge is 2.29. The van der Waals surface area contributed by atoms with Crippen LogP contribution in [-0.2, 0) is 4.74 Å². The van der Waals surface area contributed by atoms with Crippen LogP contribution in [0.25, 0.3) is 0 Å². The molecule has 2 heterocycles. The summed E-state index contributed by atoms with van der Waals surface area (Å²) in [5, 5.41) is 9.12. The summed E-state index contributed by atoms with van der Waals surface area (Å²) in [6.45, 7) is 2.63. The van der Waals surface area contributed by atoms with Crippen LogP contribution in [0.1, 0.15) is 17.4 Å². The van der Waals surface area contributed by atoms with Crippen molar-refractivity contribution in [2.45, 2.75) is 19.1 Å². The molecule has 98 valence electrons. The molecule has 2 atom stereocenters. The standard InChI is InChI=1S/C12H17N3O3/c1-8-5-15(6-10(7-16)18-8)12(17)11-4-9(13)2-3-14-11/h2-4,8,10,16H,5-7H2,1H3,(H2,13,14). The summed E-state index contributed by atoms with van der Waals surface area (Å²) >= 11 is 0. The summed E-state index contributed by atoms with van der Waals surface area (Å²) in [5.41, 5.74) is 6.46. The van der Waals surface area contributed by atoms with Gasteiger partial charge in [0.05, 0.1) is 18.8 Å². The van der Waals surface area contributed by atoms with Gasteiger partial charge in [-0.05, 0) is 19.1 Å². The molecule has 1 aliphatic heterocycles. The summed E-state index contributed by atoms with van der Waals surface area (Å²) < 4.78 is 5.49. The highest BCUT2D eigenvalue weighted by molar-refractivity contribution is 5.93. The van der Waals surface area contributed by atoms with E-state index in [9.17, 15) is 4.79 Å². The fourth-order valence-electron chi connectivity index (χ4n) is 2.04. The van der Waals surface area contributed by atoms with Gasteiger partial charge >= 0.3 is 0 Å². The van der Waals surface area contributed by atoms with Gasteiger partial charge in [-0.3, -0.25) is 9.78 Å². The minimum atomic E-state index is -0.334.